The summed E-state index contributed by atoms with van der Waals surface area (Å²) >= 11 is 0. The lowest BCUT2D eigenvalue weighted by Gasteiger charge is -2.29. The van der Waals surface area contributed by atoms with E-state index in [1.165, 1.54) is 0 Å². The van der Waals surface area contributed by atoms with E-state index in [1.807, 2.05) is 23.1 Å². The first-order chi connectivity index (χ1) is 8.97. The molecule has 2 N–H and O–H groups in total. The van der Waals surface area contributed by atoms with E-state index in [0.29, 0.717) is 24.6 Å². The molecule has 0 unspecified atom stereocenters. The average Bonchev–Trinajstić information content (AvgIpc) is 2.36. The molecule has 1 aromatic rings. The van der Waals surface area contributed by atoms with E-state index in [-0.39, 0.29) is 0 Å². The Hall–Kier alpha value is -1.46. The molecule has 0 spiro atoms. The van der Waals surface area contributed by atoms with Crippen LogP contribution in [0, 0.1) is 0 Å². The van der Waals surface area contributed by atoms with Crippen molar-refractivity contribution in [3.63, 3.8) is 0 Å². The monoisotopic (exact) mass is 269 g/mol. The van der Waals surface area contributed by atoms with Gasteiger partial charge in [-0.05, 0) is 26.0 Å². The van der Waals surface area contributed by atoms with Crippen molar-refractivity contribution in [3.8, 4) is 11.5 Å². The Morgan fingerprint density at radius 3 is 2.05 bits per heavy atom. The first kappa shape index (κ1) is 15.6. The third-order valence-electron chi connectivity index (χ3n) is 2.70. The van der Waals surface area contributed by atoms with Gasteiger partial charge in [-0.1, -0.05) is 0 Å². The van der Waals surface area contributed by atoms with E-state index in [4.69, 9.17) is 9.47 Å². The maximum atomic E-state index is 9.59. The normalized spacial score (nSPS) is 13.8. The van der Waals surface area contributed by atoms with Crippen LogP contribution in [0.4, 0.5) is 5.69 Å². The van der Waals surface area contributed by atoms with Crippen molar-refractivity contribution in [3.05, 3.63) is 18.2 Å². The van der Waals surface area contributed by atoms with E-state index < -0.39 is 12.2 Å². The molecule has 0 aromatic heterocycles. The highest BCUT2D eigenvalue weighted by molar-refractivity contribution is 5.61. The lowest BCUT2D eigenvalue weighted by Crippen LogP contribution is -2.36. The third kappa shape index (κ3) is 4.61. The summed E-state index contributed by atoms with van der Waals surface area (Å²) < 4.78 is 10.5. The zero-order valence-corrected chi connectivity index (χ0v) is 12.0. The topological polar surface area (TPSA) is 62.2 Å². The van der Waals surface area contributed by atoms with E-state index in [0.717, 1.165) is 5.69 Å². The molecular formula is C14H23NO4. The number of anilines is 1. The lowest BCUT2D eigenvalue weighted by molar-refractivity contribution is 0.178. The van der Waals surface area contributed by atoms with Gasteiger partial charge in [0.25, 0.3) is 0 Å². The van der Waals surface area contributed by atoms with Crippen LogP contribution in [0.5, 0.6) is 11.5 Å². The fourth-order valence-electron chi connectivity index (χ4n) is 1.95. The second kappa shape index (κ2) is 7.21. The number of aliphatic hydroxyl groups excluding tert-OH is 2. The highest BCUT2D eigenvalue weighted by Crippen LogP contribution is 2.32. The first-order valence-corrected chi connectivity index (χ1v) is 6.31. The van der Waals surface area contributed by atoms with Gasteiger partial charge in [0.15, 0.2) is 0 Å². The van der Waals surface area contributed by atoms with Gasteiger partial charge in [-0.3, -0.25) is 0 Å². The highest BCUT2D eigenvalue weighted by Gasteiger charge is 2.17. The molecule has 0 aliphatic rings. The predicted octanol–water partition coefficient (Wildman–Crippen LogP) is 1.27. The van der Waals surface area contributed by atoms with E-state index in [1.54, 1.807) is 28.1 Å². The summed E-state index contributed by atoms with van der Waals surface area (Å²) in [5.41, 5.74) is 0.795. The second-order valence-corrected chi connectivity index (χ2v) is 4.64. The standard InChI is InChI=1S/C14H23NO4/c1-10(16)8-15(9-11(2)17)13-7-12(18-3)5-6-14(13)19-4/h5-7,10-11,16-17H,8-9H2,1-4H3/t10-,11+. The summed E-state index contributed by atoms with van der Waals surface area (Å²) in [5.74, 6) is 1.39. The summed E-state index contributed by atoms with van der Waals surface area (Å²) in [6, 6.07) is 5.46. The SMILES string of the molecule is COc1ccc(OC)c(N(C[C@H](C)O)C[C@@H](C)O)c1. The highest BCUT2D eigenvalue weighted by atomic mass is 16.5. The van der Waals surface area contributed by atoms with Crippen molar-refractivity contribution in [2.24, 2.45) is 0 Å². The largest absolute Gasteiger partial charge is 0.497 e. The van der Waals surface area contributed by atoms with Gasteiger partial charge in [-0.15, -0.1) is 0 Å². The van der Waals surface area contributed by atoms with Gasteiger partial charge in [0, 0.05) is 19.2 Å². The zero-order chi connectivity index (χ0) is 14.4. The molecule has 0 saturated heterocycles. The van der Waals surface area contributed by atoms with Crippen molar-refractivity contribution < 1.29 is 19.7 Å². The molecule has 5 heteroatoms. The second-order valence-electron chi connectivity index (χ2n) is 4.64. The Balaban J connectivity index is 3.10. The minimum atomic E-state index is -0.505. The minimum Gasteiger partial charge on any atom is -0.497 e. The van der Waals surface area contributed by atoms with E-state index in [2.05, 4.69) is 0 Å². The number of ether oxygens (including phenoxy) is 2. The summed E-state index contributed by atoms with van der Waals surface area (Å²) in [6.45, 7) is 4.24. The molecule has 0 amide bonds. The predicted molar refractivity (Wildman–Crippen MR) is 75.1 cm³/mol. The Morgan fingerprint density at radius 2 is 1.63 bits per heavy atom. The number of hydrogen-bond donors (Lipinski definition) is 2. The first-order valence-electron chi connectivity index (χ1n) is 6.31. The fraction of sp³-hybridized carbons (Fsp3) is 0.571. The van der Waals surface area contributed by atoms with Crippen LogP contribution in [0.2, 0.25) is 0 Å². The van der Waals surface area contributed by atoms with Gasteiger partial charge in [-0.2, -0.15) is 0 Å². The van der Waals surface area contributed by atoms with Gasteiger partial charge < -0.3 is 24.6 Å². The molecule has 1 aromatic carbocycles. The Labute approximate surface area is 114 Å². The summed E-state index contributed by atoms with van der Waals surface area (Å²) in [5, 5.41) is 19.2. The molecule has 2 atom stereocenters. The van der Waals surface area contributed by atoms with Crippen LogP contribution in [-0.2, 0) is 0 Å². The minimum absolute atomic E-state index is 0.411. The zero-order valence-electron chi connectivity index (χ0n) is 12.0. The molecule has 0 fully saturated rings. The molecule has 19 heavy (non-hydrogen) atoms. The maximum absolute atomic E-state index is 9.59. The molecule has 108 valence electrons. The van der Waals surface area contributed by atoms with Gasteiger partial charge in [0.2, 0.25) is 0 Å². The van der Waals surface area contributed by atoms with Crippen molar-refractivity contribution >= 4 is 5.69 Å². The van der Waals surface area contributed by atoms with Crippen LogP contribution < -0.4 is 14.4 Å². The Morgan fingerprint density at radius 1 is 1.05 bits per heavy atom. The van der Waals surface area contributed by atoms with E-state index in [9.17, 15) is 10.2 Å². The molecule has 0 bridgehead atoms. The molecule has 0 heterocycles. The van der Waals surface area contributed by atoms with Crippen LogP contribution in [0.3, 0.4) is 0 Å². The molecule has 0 radical (unpaired) electrons. The van der Waals surface area contributed by atoms with Crippen molar-refractivity contribution in [1.82, 2.24) is 0 Å². The molecule has 1 rings (SSSR count). The van der Waals surface area contributed by atoms with Gasteiger partial charge >= 0.3 is 0 Å². The Kier molecular flexibility index (Phi) is 5.92. The van der Waals surface area contributed by atoms with Gasteiger partial charge in [0.05, 0.1) is 32.1 Å². The molecule has 0 saturated carbocycles. The average molecular weight is 269 g/mol. The number of hydrogen-bond acceptors (Lipinski definition) is 5. The number of rotatable bonds is 7. The van der Waals surface area contributed by atoms with Crippen LogP contribution >= 0.6 is 0 Å². The van der Waals surface area contributed by atoms with Crippen LogP contribution in [-0.4, -0.2) is 49.7 Å². The number of aliphatic hydroxyl groups is 2. The van der Waals surface area contributed by atoms with Crippen LogP contribution in [0.1, 0.15) is 13.8 Å². The smallest absolute Gasteiger partial charge is 0.142 e. The van der Waals surface area contributed by atoms with Crippen molar-refractivity contribution in [1.29, 1.82) is 0 Å². The molecule has 0 aliphatic heterocycles. The number of methoxy groups -OCH3 is 2. The molecular weight excluding hydrogens is 246 g/mol. The lowest BCUT2D eigenvalue weighted by atomic mass is 10.2. The quantitative estimate of drug-likeness (QED) is 0.780. The summed E-state index contributed by atoms with van der Waals surface area (Å²) in [4.78, 5) is 1.89. The summed E-state index contributed by atoms with van der Waals surface area (Å²) in [6.07, 6.45) is -1.01. The van der Waals surface area contributed by atoms with E-state index >= 15 is 0 Å². The number of nitrogens with zero attached hydrogens (tertiary/aromatic N) is 1. The summed E-state index contributed by atoms with van der Waals surface area (Å²) in [7, 11) is 3.19. The van der Waals surface area contributed by atoms with Crippen LogP contribution in [0.15, 0.2) is 18.2 Å². The molecule has 5 nitrogen and oxygen atoms in total. The van der Waals surface area contributed by atoms with Crippen molar-refractivity contribution in [2.75, 3.05) is 32.2 Å². The number of benzene rings is 1. The Bertz CT molecular complexity index is 383. The third-order valence-corrected chi connectivity index (χ3v) is 2.70. The van der Waals surface area contributed by atoms with Gasteiger partial charge in [0.1, 0.15) is 11.5 Å². The maximum Gasteiger partial charge on any atom is 0.142 e. The molecule has 0 aliphatic carbocycles. The van der Waals surface area contributed by atoms with Gasteiger partial charge in [-0.25, -0.2) is 0 Å². The van der Waals surface area contributed by atoms with Crippen LogP contribution in [0.25, 0.3) is 0 Å². The fourth-order valence-corrected chi connectivity index (χ4v) is 1.95. The van der Waals surface area contributed by atoms with Crippen molar-refractivity contribution in [2.45, 2.75) is 26.1 Å².